The summed E-state index contributed by atoms with van der Waals surface area (Å²) in [5.41, 5.74) is 1.60. The lowest BCUT2D eigenvalue weighted by atomic mass is 10.1. The molecule has 0 atom stereocenters. The van der Waals surface area contributed by atoms with E-state index in [1.54, 1.807) is 24.4 Å². The molecule has 2 fully saturated rings. The quantitative estimate of drug-likeness (QED) is 0.602. The van der Waals surface area contributed by atoms with Crippen LogP contribution in [-0.2, 0) is 11.2 Å². The van der Waals surface area contributed by atoms with Gasteiger partial charge in [0.05, 0.1) is 0 Å². The second-order valence-electron chi connectivity index (χ2n) is 8.27. The number of benzene rings is 1. The molecule has 1 saturated carbocycles. The molecule has 1 aromatic heterocycles. The minimum Gasteiger partial charge on any atom is -0.474 e. The highest BCUT2D eigenvalue weighted by atomic mass is 35.5. The van der Waals surface area contributed by atoms with E-state index in [2.05, 4.69) is 15.2 Å². The first-order valence-corrected chi connectivity index (χ1v) is 11.4. The summed E-state index contributed by atoms with van der Waals surface area (Å²) in [6.45, 7) is 3.50. The first-order valence-electron chi connectivity index (χ1n) is 10.6. The molecule has 30 heavy (non-hydrogen) atoms. The van der Waals surface area contributed by atoms with Gasteiger partial charge in [0.2, 0.25) is 11.8 Å². The van der Waals surface area contributed by atoms with Crippen LogP contribution in [-0.4, -0.2) is 41.5 Å². The molecule has 1 saturated heterocycles. The van der Waals surface area contributed by atoms with Gasteiger partial charge in [-0.15, -0.1) is 0 Å². The van der Waals surface area contributed by atoms with Gasteiger partial charge in [0, 0.05) is 54.1 Å². The van der Waals surface area contributed by atoms with Crippen LogP contribution in [0.3, 0.4) is 0 Å². The van der Waals surface area contributed by atoms with Crippen molar-refractivity contribution in [2.45, 2.75) is 44.6 Å². The van der Waals surface area contributed by atoms with Gasteiger partial charge in [-0.25, -0.2) is 4.98 Å². The molecule has 5 nitrogen and oxygen atoms in total. The number of halogens is 2. The number of anilines is 1. The average molecular weight is 448 g/mol. The molecule has 1 aromatic carbocycles. The molecule has 160 valence electrons. The van der Waals surface area contributed by atoms with Gasteiger partial charge in [0.1, 0.15) is 6.10 Å². The van der Waals surface area contributed by atoms with Crippen molar-refractivity contribution in [2.75, 3.05) is 25.0 Å². The molecule has 0 radical (unpaired) electrons. The van der Waals surface area contributed by atoms with Gasteiger partial charge in [-0.1, -0.05) is 29.3 Å². The zero-order valence-electron chi connectivity index (χ0n) is 16.9. The Morgan fingerprint density at radius 1 is 1.10 bits per heavy atom. The number of likely N-dealkylation sites (tertiary alicyclic amines) is 1. The van der Waals surface area contributed by atoms with E-state index in [1.807, 2.05) is 12.1 Å². The SMILES string of the molecule is O=C(CCc1ccc(OC2CCN(CC3CC3)CC2)nc1)Nc1cc(Cl)cc(Cl)c1. The molecular weight excluding hydrogens is 421 g/mol. The van der Waals surface area contributed by atoms with E-state index in [1.165, 1.54) is 19.4 Å². The topological polar surface area (TPSA) is 54.5 Å². The number of aryl methyl sites for hydroxylation is 1. The Morgan fingerprint density at radius 2 is 1.83 bits per heavy atom. The summed E-state index contributed by atoms with van der Waals surface area (Å²) in [5, 5.41) is 3.81. The summed E-state index contributed by atoms with van der Waals surface area (Å²) in [7, 11) is 0. The molecule has 0 spiro atoms. The number of amides is 1. The molecule has 1 aliphatic carbocycles. The highest BCUT2D eigenvalue weighted by molar-refractivity contribution is 6.35. The molecule has 2 aromatic rings. The Labute approximate surface area is 187 Å². The summed E-state index contributed by atoms with van der Waals surface area (Å²) in [5.74, 6) is 1.52. The molecule has 4 rings (SSSR count). The van der Waals surface area contributed by atoms with Crippen molar-refractivity contribution in [3.8, 4) is 5.88 Å². The monoisotopic (exact) mass is 447 g/mol. The van der Waals surface area contributed by atoms with Crippen molar-refractivity contribution in [3.05, 3.63) is 52.1 Å². The van der Waals surface area contributed by atoms with Crippen molar-refractivity contribution in [3.63, 3.8) is 0 Å². The highest BCUT2D eigenvalue weighted by Crippen LogP contribution is 2.31. The Balaban J connectivity index is 1.19. The van der Waals surface area contributed by atoms with Gasteiger partial charge in [-0.05, 0) is 61.8 Å². The molecule has 7 heteroatoms. The van der Waals surface area contributed by atoms with E-state index < -0.39 is 0 Å². The van der Waals surface area contributed by atoms with E-state index in [0.29, 0.717) is 34.5 Å². The minimum atomic E-state index is -0.0911. The summed E-state index contributed by atoms with van der Waals surface area (Å²) < 4.78 is 6.06. The van der Waals surface area contributed by atoms with E-state index in [-0.39, 0.29) is 12.0 Å². The zero-order chi connectivity index (χ0) is 20.9. The number of nitrogens with one attached hydrogen (secondary N) is 1. The predicted octanol–water partition coefficient (Wildman–Crippen LogP) is 5.21. The summed E-state index contributed by atoms with van der Waals surface area (Å²) in [4.78, 5) is 19.2. The third-order valence-corrected chi connectivity index (χ3v) is 6.06. The zero-order valence-corrected chi connectivity index (χ0v) is 18.5. The smallest absolute Gasteiger partial charge is 0.224 e. The Kier molecular flexibility index (Phi) is 7.13. The van der Waals surface area contributed by atoms with E-state index in [0.717, 1.165) is 37.4 Å². The van der Waals surface area contributed by atoms with Gasteiger partial charge in [-0.3, -0.25) is 4.79 Å². The van der Waals surface area contributed by atoms with Crippen molar-refractivity contribution < 1.29 is 9.53 Å². The maximum atomic E-state index is 12.2. The lowest BCUT2D eigenvalue weighted by molar-refractivity contribution is -0.116. The van der Waals surface area contributed by atoms with Gasteiger partial charge in [0.25, 0.3) is 0 Å². The number of nitrogens with zero attached hydrogens (tertiary/aromatic N) is 2. The fraction of sp³-hybridized carbons (Fsp3) is 0.478. The maximum absolute atomic E-state index is 12.2. The maximum Gasteiger partial charge on any atom is 0.224 e. The van der Waals surface area contributed by atoms with Crippen LogP contribution in [0.4, 0.5) is 5.69 Å². The standard InChI is InChI=1S/C23H27Cl2N3O2/c24-18-11-19(25)13-20(12-18)27-22(29)5-3-16-4-6-23(26-14-16)30-21-7-9-28(10-8-21)15-17-1-2-17/h4,6,11-14,17,21H,1-3,5,7-10,15H2,(H,27,29). The third-order valence-electron chi connectivity index (χ3n) is 5.62. The molecule has 1 amide bonds. The molecule has 1 aliphatic heterocycles. The van der Waals surface area contributed by atoms with Crippen LogP contribution in [0.1, 0.15) is 37.7 Å². The van der Waals surface area contributed by atoms with Crippen LogP contribution in [0.5, 0.6) is 5.88 Å². The van der Waals surface area contributed by atoms with Crippen molar-refractivity contribution in [1.82, 2.24) is 9.88 Å². The lowest BCUT2D eigenvalue weighted by Crippen LogP contribution is -2.39. The molecule has 2 aliphatic rings. The fourth-order valence-corrected chi connectivity index (χ4v) is 4.31. The normalized spacial score (nSPS) is 17.7. The second-order valence-corrected chi connectivity index (χ2v) is 9.15. The van der Waals surface area contributed by atoms with E-state index >= 15 is 0 Å². The largest absolute Gasteiger partial charge is 0.474 e. The summed E-state index contributed by atoms with van der Waals surface area (Å²) in [6, 6.07) is 8.87. The van der Waals surface area contributed by atoms with Gasteiger partial charge >= 0.3 is 0 Å². The fourth-order valence-electron chi connectivity index (χ4n) is 3.78. The van der Waals surface area contributed by atoms with Crippen molar-refractivity contribution >= 4 is 34.8 Å². The predicted molar refractivity (Wildman–Crippen MR) is 120 cm³/mol. The number of carbonyl (C=O) groups excluding carboxylic acids is 1. The number of ether oxygens (including phenoxy) is 1. The van der Waals surface area contributed by atoms with Gasteiger partial charge in [-0.2, -0.15) is 0 Å². The number of aromatic nitrogens is 1. The number of carbonyl (C=O) groups is 1. The van der Waals surface area contributed by atoms with Crippen molar-refractivity contribution in [1.29, 1.82) is 0 Å². The van der Waals surface area contributed by atoms with E-state index in [9.17, 15) is 4.79 Å². The van der Waals surface area contributed by atoms with Crippen molar-refractivity contribution in [2.24, 2.45) is 5.92 Å². The number of piperidine rings is 1. The van der Waals surface area contributed by atoms with Crippen LogP contribution in [0.25, 0.3) is 0 Å². The van der Waals surface area contributed by atoms with Gasteiger partial charge in [0.15, 0.2) is 0 Å². The summed E-state index contributed by atoms with van der Waals surface area (Å²) >= 11 is 11.9. The first-order chi connectivity index (χ1) is 14.5. The Morgan fingerprint density at radius 3 is 2.47 bits per heavy atom. The first kappa shape index (κ1) is 21.4. The molecule has 0 unspecified atom stereocenters. The van der Waals surface area contributed by atoms with Crippen LogP contribution < -0.4 is 10.1 Å². The number of pyridine rings is 1. The average Bonchev–Trinajstić information content (AvgIpc) is 3.52. The van der Waals surface area contributed by atoms with Crippen LogP contribution in [0.15, 0.2) is 36.5 Å². The van der Waals surface area contributed by atoms with E-state index in [4.69, 9.17) is 27.9 Å². The Bertz CT molecular complexity index is 843. The molecule has 0 bridgehead atoms. The number of hydrogen-bond acceptors (Lipinski definition) is 4. The van der Waals surface area contributed by atoms with Crippen LogP contribution in [0.2, 0.25) is 10.0 Å². The van der Waals surface area contributed by atoms with Crippen LogP contribution in [0, 0.1) is 5.92 Å². The Hall–Kier alpha value is -1.82. The lowest BCUT2D eigenvalue weighted by Gasteiger charge is -2.31. The third kappa shape index (κ3) is 6.59. The van der Waals surface area contributed by atoms with Gasteiger partial charge < -0.3 is 15.0 Å². The molecule has 1 N–H and O–H groups in total. The number of rotatable bonds is 8. The highest BCUT2D eigenvalue weighted by Gasteiger charge is 2.27. The minimum absolute atomic E-state index is 0.0911. The van der Waals surface area contributed by atoms with Crippen LogP contribution >= 0.6 is 23.2 Å². The molecular formula is C23H27Cl2N3O2. The molecule has 2 heterocycles. The summed E-state index contributed by atoms with van der Waals surface area (Å²) in [6.07, 6.45) is 7.92. The second kappa shape index (κ2) is 9.99. The number of hydrogen-bond donors (Lipinski definition) is 1.